The third kappa shape index (κ3) is 2.42. The highest BCUT2D eigenvalue weighted by Gasteiger charge is 2.13. The van der Waals surface area contributed by atoms with Gasteiger partial charge in [-0.25, -0.2) is 4.98 Å². The van der Waals surface area contributed by atoms with Gasteiger partial charge in [0.2, 0.25) is 0 Å². The number of hydrogen-bond acceptors (Lipinski definition) is 3. The lowest BCUT2D eigenvalue weighted by Gasteiger charge is -2.11. The summed E-state index contributed by atoms with van der Waals surface area (Å²) in [6, 6.07) is 23.3. The topological polar surface area (TPSA) is 46.0 Å². The summed E-state index contributed by atoms with van der Waals surface area (Å²) >= 11 is 0. The van der Waals surface area contributed by atoms with E-state index in [1.807, 2.05) is 48.5 Å². The van der Waals surface area contributed by atoms with Gasteiger partial charge >= 0.3 is 0 Å². The van der Waals surface area contributed by atoms with E-state index < -0.39 is 0 Å². The quantitative estimate of drug-likeness (QED) is 0.585. The molecule has 0 atom stereocenters. The minimum atomic E-state index is 0.180. The molecule has 2 aromatic carbocycles. The summed E-state index contributed by atoms with van der Waals surface area (Å²) in [5, 5.41) is 11.0. The molecule has 4 aromatic rings. The first-order valence-corrected chi connectivity index (χ1v) is 7.42. The van der Waals surface area contributed by atoms with Gasteiger partial charge in [0, 0.05) is 17.1 Å². The third-order valence-electron chi connectivity index (χ3n) is 3.82. The minimum absolute atomic E-state index is 0.180. The summed E-state index contributed by atoms with van der Waals surface area (Å²) < 4.78 is 0. The van der Waals surface area contributed by atoms with Crippen molar-refractivity contribution in [3.05, 3.63) is 79.0 Å². The monoisotopic (exact) mass is 298 g/mol. The number of phenolic OH excluding ortho intramolecular Hbond substituents is 1. The predicted molar refractivity (Wildman–Crippen MR) is 92.1 cm³/mol. The lowest BCUT2D eigenvalue weighted by Crippen LogP contribution is -1.93. The first-order valence-electron chi connectivity index (χ1n) is 7.42. The molecule has 0 unspecified atom stereocenters. The van der Waals surface area contributed by atoms with Crippen LogP contribution in [-0.2, 0) is 0 Å². The Morgan fingerprint density at radius 3 is 2.39 bits per heavy atom. The number of phenols is 1. The Kier molecular flexibility index (Phi) is 3.24. The normalized spacial score (nSPS) is 10.8. The van der Waals surface area contributed by atoms with Crippen LogP contribution in [-0.4, -0.2) is 15.1 Å². The molecule has 2 heterocycles. The van der Waals surface area contributed by atoms with Crippen LogP contribution in [0.15, 0.2) is 79.0 Å². The van der Waals surface area contributed by atoms with Crippen LogP contribution in [0.25, 0.3) is 33.4 Å². The summed E-state index contributed by atoms with van der Waals surface area (Å²) in [5.41, 5.74) is 4.23. The van der Waals surface area contributed by atoms with Crippen LogP contribution in [0.3, 0.4) is 0 Å². The van der Waals surface area contributed by atoms with Crippen LogP contribution in [0.4, 0.5) is 0 Å². The molecule has 0 saturated carbocycles. The van der Waals surface area contributed by atoms with Crippen LogP contribution < -0.4 is 0 Å². The summed E-state index contributed by atoms with van der Waals surface area (Å²) in [6.07, 6.45) is 1.75. The molecule has 0 spiro atoms. The molecule has 0 aliphatic carbocycles. The first kappa shape index (κ1) is 13.5. The van der Waals surface area contributed by atoms with Crippen LogP contribution in [0.1, 0.15) is 0 Å². The van der Waals surface area contributed by atoms with E-state index in [0.717, 1.165) is 27.9 Å². The number of aromatic hydroxyl groups is 1. The van der Waals surface area contributed by atoms with Crippen molar-refractivity contribution >= 4 is 10.9 Å². The molecule has 3 heteroatoms. The highest BCUT2D eigenvalue weighted by Crippen LogP contribution is 2.34. The maximum Gasteiger partial charge on any atom is 0.141 e. The standard InChI is InChI=1S/C20H14N2O/c23-18-11-6-9-15-13-16(14-7-2-1-3-8-14)20(22-19(15)18)17-10-4-5-12-21-17/h1-13,23H. The molecule has 0 amide bonds. The van der Waals surface area contributed by atoms with Crippen molar-refractivity contribution in [1.29, 1.82) is 0 Å². The number of fused-ring (bicyclic) bond motifs is 1. The Morgan fingerprint density at radius 1 is 0.783 bits per heavy atom. The van der Waals surface area contributed by atoms with Crippen molar-refractivity contribution in [1.82, 2.24) is 9.97 Å². The third-order valence-corrected chi connectivity index (χ3v) is 3.82. The van der Waals surface area contributed by atoms with E-state index in [1.165, 1.54) is 0 Å². The molecule has 0 radical (unpaired) electrons. The van der Waals surface area contributed by atoms with Crippen molar-refractivity contribution in [2.45, 2.75) is 0 Å². The van der Waals surface area contributed by atoms with Gasteiger partial charge in [0.15, 0.2) is 0 Å². The van der Waals surface area contributed by atoms with E-state index in [1.54, 1.807) is 12.3 Å². The molecule has 23 heavy (non-hydrogen) atoms. The highest BCUT2D eigenvalue weighted by atomic mass is 16.3. The lowest BCUT2D eigenvalue weighted by molar-refractivity contribution is 0.480. The maximum atomic E-state index is 10.1. The van der Waals surface area contributed by atoms with E-state index in [-0.39, 0.29) is 5.75 Å². The molecule has 110 valence electrons. The van der Waals surface area contributed by atoms with Gasteiger partial charge in [-0.05, 0) is 29.8 Å². The fourth-order valence-electron chi connectivity index (χ4n) is 2.72. The number of benzene rings is 2. The Morgan fingerprint density at radius 2 is 1.61 bits per heavy atom. The maximum absolute atomic E-state index is 10.1. The summed E-state index contributed by atoms with van der Waals surface area (Å²) in [4.78, 5) is 9.14. The van der Waals surface area contributed by atoms with Crippen molar-refractivity contribution in [3.8, 4) is 28.3 Å². The van der Waals surface area contributed by atoms with Gasteiger partial charge in [-0.1, -0.05) is 48.5 Å². The molecule has 0 saturated heterocycles. The molecule has 0 aliphatic rings. The van der Waals surface area contributed by atoms with Crippen molar-refractivity contribution in [3.63, 3.8) is 0 Å². The van der Waals surface area contributed by atoms with E-state index in [4.69, 9.17) is 4.98 Å². The molecular weight excluding hydrogens is 284 g/mol. The van der Waals surface area contributed by atoms with E-state index >= 15 is 0 Å². The van der Waals surface area contributed by atoms with Crippen LogP contribution >= 0.6 is 0 Å². The second kappa shape index (κ2) is 5.54. The molecule has 3 nitrogen and oxygen atoms in total. The van der Waals surface area contributed by atoms with E-state index in [2.05, 4.69) is 23.2 Å². The Balaban J connectivity index is 2.07. The zero-order valence-corrected chi connectivity index (χ0v) is 12.3. The van der Waals surface area contributed by atoms with Gasteiger partial charge in [0.1, 0.15) is 11.3 Å². The Bertz CT molecular complexity index is 967. The summed E-state index contributed by atoms with van der Waals surface area (Å²) in [7, 11) is 0. The van der Waals surface area contributed by atoms with Crippen molar-refractivity contribution in [2.24, 2.45) is 0 Å². The molecule has 1 N–H and O–H groups in total. The zero-order valence-electron chi connectivity index (χ0n) is 12.3. The number of aromatic nitrogens is 2. The van der Waals surface area contributed by atoms with Gasteiger partial charge < -0.3 is 5.11 Å². The molecule has 0 bridgehead atoms. The van der Waals surface area contributed by atoms with Gasteiger partial charge in [0.25, 0.3) is 0 Å². The van der Waals surface area contributed by atoms with Crippen LogP contribution in [0, 0.1) is 0 Å². The van der Waals surface area contributed by atoms with Crippen LogP contribution in [0.5, 0.6) is 5.75 Å². The first-order chi connectivity index (χ1) is 11.3. The number of para-hydroxylation sites is 1. The Hall–Kier alpha value is -3.20. The second-order valence-electron chi connectivity index (χ2n) is 5.31. The van der Waals surface area contributed by atoms with E-state index in [0.29, 0.717) is 5.52 Å². The molecule has 0 fully saturated rings. The lowest BCUT2D eigenvalue weighted by atomic mass is 9.99. The number of nitrogens with zero attached hydrogens (tertiary/aromatic N) is 2. The predicted octanol–water partition coefficient (Wildman–Crippen LogP) is 4.67. The van der Waals surface area contributed by atoms with Gasteiger partial charge in [-0.2, -0.15) is 0 Å². The smallest absolute Gasteiger partial charge is 0.141 e. The highest BCUT2D eigenvalue weighted by molar-refractivity contribution is 5.93. The van der Waals surface area contributed by atoms with Crippen LogP contribution in [0.2, 0.25) is 0 Å². The fourth-order valence-corrected chi connectivity index (χ4v) is 2.72. The average molecular weight is 298 g/mol. The van der Waals surface area contributed by atoms with Gasteiger partial charge in [-0.3, -0.25) is 4.98 Å². The molecule has 2 aromatic heterocycles. The second-order valence-corrected chi connectivity index (χ2v) is 5.31. The number of hydrogen-bond donors (Lipinski definition) is 1. The summed E-state index contributed by atoms with van der Waals surface area (Å²) in [6.45, 7) is 0. The van der Waals surface area contributed by atoms with Crippen molar-refractivity contribution < 1.29 is 5.11 Å². The minimum Gasteiger partial charge on any atom is -0.506 e. The molecule has 0 aliphatic heterocycles. The number of pyridine rings is 2. The fraction of sp³-hybridized carbons (Fsp3) is 0. The SMILES string of the molecule is Oc1cccc2cc(-c3ccccc3)c(-c3ccccn3)nc12. The zero-order chi connectivity index (χ0) is 15.6. The Labute approximate surface area is 133 Å². The summed E-state index contributed by atoms with van der Waals surface area (Å²) in [5.74, 6) is 0.180. The largest absolute Gasteiger partial charge is 0.506 e. The molecular formula is C20H14N2O. The number of rotatable bonds is 2. The van der Waals surface area contributed by atoms with Gasteiger partial charge in [0.05, 0.1) is 11.4 Å². The van der Waals surface area contributed by atoms with Crippen molar-refractivity contribution in [2.75, 3.05) is 0 Å². The molecule has 4 rings (SSSR count). The van der Waals surface area contributed by atoms with E-state index in [9.17, 15) is 5.11 Å². The van der Waals surface area contributed by atoms with Gasteiger partial charge in [-0.15, -0.1) is 0 Å². The average Bonchev–Trinajstić information content (AvgIpc) is 2.63.